The summed E-state index contributed by atoms with van der Waals surface area (Å²) >= 11 is 0. The molecule has 26 nitrogen and oxygen atoms in total. The molecule has 0 saturated carbocycles. The van der Waals surface area contributed by atoms with Gasteiger partial charge in [0.05, 0.1) is 18.3 Å². The Kier molecular flexibility index (Phi) is 15.0. The topological polar surface area (TPSA) is 407 Å². The van der Waals surface area contributed by atoms with Gasteiger partial charge >= 0.3 is 17.9 Å². The molecule has 0 aromatic heterocycles. The first-order chi connectivity index (χ1) is 27.0. The average Bonchev–Trinajstić information content (AvgIpc) is 3.15. The number of carbonyl (C=O) groups is 3. The molecule has 5 aliphatic heterocycles. The number of hydrogen-bond acceptors (Lipinski definition) is 24. The largest absolute Gasteiger partial charge is 0.479 e. The third kappa shape index (κ3) is 9.40. The van der Waals surface area contributed by atoms with E-state index in [9.17, 15) is 80.8 Å². The maximum atomic E-state index is 12.5. The summed E-state index contributed by atoms with van der Waals surface area (Å²) in [4.78, 5) is 36.2. The number of aliphatic hydroxyl groups is 11. The summed E-state index contributed by atoms with van der Waals surface area (Å²) in [6, 6.07) is 0. The summed E-state index contributed by atoms with van der Waals surface area (Å²) in [6.45, 7) is 4.84. The Morgan fingerprint density at radius 3 is 1.33 bits per heavy atom. The van der Waals surface area contributed by atoms with Crippen LogP contribution in [0, 0.1) is 0 Å². The monoisotopic (exact) mass is 850 g/mol. The van der Waals surface area contributed by atoms with E-state index in [-0.39, 0.29) is 0 Å². The van der Waals surface area contributed by atoms with Gasteiger partial charge in [0.1, 0.15) is 85.5 Å². The summed E-state index contributed by atoms with van der Waals surface area (Å²) < 4.78 is 56.6. The van der Waals surface area contributed by atoms with E-state index < -0.39 is 171 Å². The van der Waals surface area contributed by atoms with Crippen molar-refractivity contribution in [3.8, 4) is 0 Å². The second-order valence-corrected chi connectivity index (χ2v) is 14.6. The Labute approximate surface area is 327 Å². The fourth-order valence-electron chi connectivity index (χ4n) is 7.11. The van der Waals surface area contributed by atoms with Gasteiger partial charge in [0.2, 0.25) is 0 Å². The van der Waals surface area contributed by atoms with Crippen molar-refractivity contribution in [1.29, 1.82) is 0 Å². The van der Waals surface area contributed by atoms with Crippen molar-refractivity contribution in [3.63, 3.8) is 0 Å². The Balaban J connectivity index is 1.57. The van der Waals surface area contributed by atoms with Crippen LogP contribution in [0.5, 0.6) is 0 Å². The molecule has 5 heterocycles. The lowest BCUT2D eigenvalue weighted by Gasteiger charge is -2.51. The maximum Gasteiger partial charge on any atom is 0.335 e. The lowest BCUT2D eigenvalue weighted by atomic mass is 9.95. The van der Waals surface area contributed by atoms with Gasteiger partial charge in [0, 0.05) is 6.92 Å². The average molecular weight is 851 g/mol. The van der Waals surface area contributed by atoms with Gasteiger partial charge in [-0.25, -0.2) is 9.59 Å². The van der Waals surface area contributed by atoms with Gasteiger partial charge in [0.15, 0.2) is 49.8 Å². The van der Waals surface area contributed by atoms with Gasteiger partial charge in [-0.15, -0.1) is 0 Å². The number of aliphatic carboxylic acids is 2. The number of carboxylic acids is 2. The van der Waals surface area contributed by atoms with Crippen LogP contribution in [0.3, 0.4) is 0 Å². The number of carboxylic acid groups (broad SMARTS) is 2. The SMILES string of the molecule is CC(=O)O[C@H]1[C@@H](O[C@@H]2O[C@@H](C)[C@@H](O)[C@@H](O)[C@@H]2O[C@H]2O[C@H](C(=O)O)[C@@H](O)[C@H](O)[C@H]2O)[C@H](O[C@H]2O[C@H](C(=O)O)[C@@H](O)[C@H](O)[C@H]2O)[C@H](O[C@@H]2[C@H](O)[C@H](C)OC(O)[C@H]2O)O[C@H]1C. The number of aliphatic hydroxyl groups excluding tert-OH is 11. The fourth-order valence-corrected chi connectivity index (χ4v) is 7.11. The van der Waals surface area contributed by atoms with Crippen molar-refractivity contribution < 1.29 is 128 Å². The zero-order valence-corrected chi connectivity index (χ0v) is 31.1. The molecule has 0 spiro atoms. The predicted molar refractivity (Wildman–Crippen MR) is 173 cm³/mol. The third-order valence-electron chi connectivity index (χ3n) is 10.4. The number of carbonyl (C=O) groups excluding carboxylic acids is 1. The molecule has 0 amide bonds. The van der Waals surface area contributed by atoms with Crippen LogP contribution in [0.15, 0.2) is 0 Å². The number of esters is 1. The molecular weight excluding hydrogens is 800 g/mol. The molecule has 0 aliphatic carbocycles. The van der Waals surface area contributed by atoms with Gasteiger partial charge in [-0.05, 0) is 20.8 Å². The summed E-state index contributed by atoms with van der Waals surface area (Å²) in [5.41, 5.74) is 0. The van der Waals surface area contributed by atoms with Crippen LogP contribution in [-0.4, -0.2) is 238 Å². The molecule has 1 unspecified atom stereocenters. The lowest BCUT2D eigenvalue weighted by molar-refractivity contribution is -0.408. The molecule has 26 heteroatoms. The predicted octanol–water partition coefficient (Wildman–Crippen LogP) is -8.09. The molecule has 5 aliphatic rings. The Hall–Kier alpha value is -2.39. The van der Waals surface area contributed by atoms with Crippen LogP contribution in [0.2, 0.25) is 0 Å². The Morgan fingerprint density at radius 1 is 0.397 bits per heavy atom. The molecule has 0 aromatic carbocycles. The highest BCUT2D eigenvalue weighted by atomic mass is 16.8. The quantitative estimate of drug-likeness (QED) is 0.0859. The van der Waals surface area contributed by atoms with Crippen LogP contribution >= 0.6 is 0 Å². The number of ether oxygens (including phenoxy) is 10. The van der Waals surface area contributed by atoms with Crippen LogP contribution in [-0.2, 0) is 61.8 Å². The van der Waals surface area contributed by atoms with Gasteiger partial charge in [-0.1, -0.05) is 0 Å². The van der Waals surface area contributed by atoms with Crippen molar-refractivity contribution in [3.05, 3.63) is 0 Å². The third-order valence-corrected chi connectivity index (χ3v) is 10.4. The normalized spacial score (nSPS) is 51.5. The van der Waals surface area contributed by atoms with E-state index in [1.165, 1.54) is 20.8 Å². The zero-order valence-electron chi connectivity index (χ0n) is 31.1. The highest BCUT2D eigenvalue weighted by Gasteiger charge is 2.58. The first kappa shape index (κ1) is 46.7. The van der Waals surface area contributed by atoms with E-state index in [0.717, 1.165) is 6.92 Å². The maximum absolute atomic E-state index is 12.5. The summed E-state index contributed by atoms with van der Waals surface area (Å²) in [5, 5.41) is 136. The minimum Gasteiger partial charge on any atom is -0.479 e. The fraction of sp³-hybridized carbons (Fsp3) is 0.906. The minimum absolute atomic E-state index is 0.967. The molecule has 0 bridgehead atoms. The summed E-state index contributed by atoms with van der Waals surface area (Å²) in [5.74, 6) is -4.59. The number of hydrogen-bond donors (Lipinski definition) is 13. The molecular formula is C32H50O26. The second-order valence-electron chi connectivity index (χ2n) is 14.6. The molecule has 58 heavy (non-hydrogen) atoms. The molecule has 0 aromatic rings. The van der Waals surface area contributed by atoms with Crippen LogP contribution < -0.4 is 0 Å². The molecule has 5 saturated heterocycles. The first-order valence-corrected chi connectivity index (χ1v) is 18.1. The van der Waals surface area contributed by atoms with E-state index in [0.29, 0.717) is 0 Å². The van der Waals surface area contributed by atoms with Crippen molar-refractivity contribution >= 4 is 17.9 Å². The summed E-state index contributed by atoms with van der Waals surface area (Å²) in [7, 11) is 0. The van der Waals surface area contributed by atoms with E-state index in [2.05, 4.69) is 0 Å². The highest BCUT2D eigenvalue weighted by Crippen LogP contribution is 2.38. The molecule has 5 rings (SSSR count). The molecule has 5 fully saturated rings. The molecule has 25 atom stereocenters. The first-order valence-electron chi connectivity index (χ1n) is 18.1. The van der Waals surface area contributed by atoms with Gasteiger partial charge < -0.3 is 114 Å². The standard InChI is InChI=1S/C32H50O26/c1-5-9(34)13(38)23(56-29-16(41)11(36)14(39)21(54-29)26(44)45)31(50-5)57-24-19(52-8(4)33)7(3)51-32(53-20-10(35)6(2)49-28(48)18(20)43)25(24)58-30-17(42)12(37)15(40)22(55-30)27(46)47/h5-7,9-25,28-32,34-43,48H,1-4H3,(H,44,45)(H,46,47)/t5-,6-,7-,9+,10+,11-,12-,13+,14-,15-,16+,17+,18-,19+,20+,21-,22-,23-,24+,25-,28?,29+,30+,31-,32-/m0/s1. The molecule has 334 valence electrons. The van der Waals surface area contributed by atoms with Crippen molar-refractivity contribution in [2.75, 3.05) is 0 Å². The highest BCUT2D eigenvalue weighted by molar-refractivity contribution is 5.73. The van der Waals surface area contributed by atoms with E-state index in [1.54, 1.807) is 0 Å². The van der Waals surface area contributed by atoms with Gasteiger partial charge in [-0.2, -0.15) is 0 Å². The second kappa shape index (κ2) is 18.7. The van der Waals surface area contributed by atoms with Crippen molar-refractivity contribution in [2.45, 2.75) is 181 Å². The lowest BCUT2D eigenvalue weighted by Crippen LogP contribution is -2.69. The van der Waals surface area contributed by atoms with Crippen LogP contribution in [0.25, 0.3) is 0 Å². The zero-order chi connectivity index (χ0) is 43.2. The van der Waals surface area contributed by atoms with E-state index in [4.69, 9.17) is 47.4 Å². The Morgan fingerprint density at radius 2 is 0.828 bits per heavy atom. The van der Waals surface area contributed by atoms with E-state index >= 15 is 0 Å². The van der Waals surface area contributed by atoms with Crippen molar-refractivity contribution in [2.24, 2.45) is 0 Å². The van der Waals surface area contributed by atoms with E-state index in [1.807, 2.05) is 0 Å². The van der Waals surface area contributed by atoms with Gasteiger partial charge in [-0.3, -0.25) is 4.79 Å². The smallest absolute Gasteiger partial charge is 0.335 e. The van der Waals surface area contributed by atoms with Crippen molar-refractivity contribution in [1.82, 2.24) is 0 Å². The van der Waals surface area contributed by atoms with Crippen LogP contribution in [0.4, 0.5) is 0 Å². The minimum atomic E-state index is -2.24. The van der Waals surface area contributed by atoms with Crippen LogP contribution in [0.1, 0.15) is 27.7 Å². The summed E-state index contributed by atoms with van der Waals surface area (Å²) in [6.07, 6.45) is -48.9. The Bertz CT molecular complexity index is 1410. The molecule has 0 radical (unpaired) electrons. The van der Waals surface area contributed by atoms with Gasteiger partial charge in [0.25, 0.3) is 0 Å². The number of rotatable bonds is 11. The molecule has 13 N–H and O–H groups in total.